The molecule has 2 N–H and O–H groups in total. The van der Waals surface area contributed by atoms with Crippen molar-refractivity contribution in [3.8, 4) is 11.5 Å². The molecule has 0 aliphatic heterocycles. The van der Waals surface area contributed by atoms with E-state index in [1.54, 1.807) is 18.2 Å². The van der Waals surface area contributed by atoms with E-state index in [0.717, 1.165) is 5.56 Å². The summed E-state index contributed by atoms with van der Waals surface area (Å²) in [4.78, 5) is 0.271. The smallest absolute Gasteiger partial charge is 0.147 e. The van der Waals surface area contributed by atoms with Crippen LogP contribution in [-0.2, 0) is 0 Å². The Hall–Kier alpha value is -1.29. The summed E-state index contributed by atoms with van der Waals surface area (Å²) in [5.41, 5.74) is 7.38. The number of halogens is 2. The van der Waals surface area contributed by atoms with Crippen molar-refractivity contribution in [3.63, 3.8) is 0 Å². The lowest BCUT2D eigenvalue weighted by atomic mass is 10.1. The van der Waals surface area contributed by atoms with Crippen molar-refractivity contribution in [2.24, 2.45) is 5.73 Å². The maximum Gasteiger partial charge on any atom is 0.147 e. The van der Waals surface area contributed by atoms with Crippen LogP contribution < -0.4 is 10.5 Å². The molecule has 0 aliphatic rings. The summed E-state index contributed by atoms with van der Waals surface area (Å²) < 4.78 is 5.78. The monoisotopic (exact) mass is 311 g/mol. The molecule has 0 unspecified atom stereocenters. The Kier molecular flexibility index (Phi) is 4.30. The largest absolute Gasteiger partial charge is 0.455 e. The van der Waals surface area contributed by atoms with Crippen LogP contribution >= 0.6 is 35.4 Å². The first kappa shape index (κ1) is 14.1. The van der Waals surface area contributed by atoms with Crippen LogP contribution in [0.2, 0.25) is 10.0 Å². The van der Waals surface area contributed by atoms with Gasteiger partial charge in [-0.15, -0.1) is 0 Å². The fraction of sp³-hybridized carbons (Fsp3) is 0.0714. The third kappa shape index (κ3) is 3.18. The third-order valence-electron chi connectivity index (χ3n) is 2.54. The van der Waals surface area contributed by atoms with Gasteiger partial charge in [-0.3, -0.25) is 0 Å². The van der Waals surface area contributed by atoms with E-state index >= 15 is 0 Å². The summed E-state index contributed by atoms with van der Waals surface area (Å²) in [5, 5.41) is 0.795. The second-order valence-corrected chi connectivity index (χ2v) is 5.24. The highest BCUT2D eigenvalue weighted by Gasteiger charge is 2.11. The summed E-state index contributed by atoms with van der Waals surface area (Å²) in [5.74, 6) is 1.04. The Bertz CT molecular complexity index is 643. The molecule has 2 rings (SSSR count). The van der Waals surface area contributed by atoms with Gasteiger partial charge in [0.15, 0.2) is 0 Å². The van der Waals surface area contributed by atoms with Crippen LogP contribution in [0.1, 0.15) is 11.1 Å². The highest BCUT2D eigenvalue weighted by Crippen LogP contribution is 2.35. The minimum Gasteiger partial charge on any atom is -0.455 e. The average molecular weight is 312 g/mol. The third-order valence-corrected chi connectivity index (χ3v) is 3.56. The predicted octanol–water partition coefficient (Wildman–Crippen LogP) is 4.73. The molecule has 0 bridgehead atoms. The number of hydrogen-bond donors (Lipinski definition) is 1. The van der Waals surface area contributed by atoms with Crippen molar-refractivity contribution in [2.45, 2.75) is 6.92 Å². The summed E-state index contributed by atoms with van der Waals surface area (Å²) in [6.07, 6.45) is 0. The van der Waals surface area contributed by atoms with Crippen molar-refractivity contribution >= 4 is 40.4 Å². The summed E-state index contributed by atoms with van der Waals surface area (Å²) in [6, 6.07) is 10.8. The van der Waals surface area contributed by atoms with E-state index in [1.165, 1.54) is 0 Å². The van der Waals surface area contributed by atoms with E-state index < -0.39 is 0 Å². The molecule has 0 atom stereocenters. The molecule has 0 fully saturated rings. The maximum atomic E-state index is 6.09. The fourth-order valence-electron chi connectivity index (χ4n) is 1.60. The molecule has 0 saturated carbocycles. The van der Waals surface area contributed by atoms with E-state index in [4.69, 9.17) is 45.9 Å². The van der Waals surface area contributed by atoms with Gasteiger partial charge >= 0.3 is 0 Å². The van der Waals surface area contributed by atoms with Gasteiger partial charge in [0.1, 0.15) is 21.5 Å². The first-order chi connectivity index (χ1) is 8.99. The number of hydrogen-bond acceptors (Lipinski definition) is 2. The minimum atomic E-state index is 0.271. The van der Waals surface area contributed by atoms with E-state index in [1.807, 2.05) is 25.1 Å². The maximum absolute atomic E-state index is 6.09. The zero-order valence-electron chi connectivity index (χ0n) is 10.1. The molecular formula is C14H11Cl2NOS. The normalized spacial score (nSPS) is 10.3. The zero-order valence-corrected chi connectivity index (χ0v) is 12.4. The topological polar surface area (TPSA) is 35.2 Å². The lowest BCUT2D eigenvalue weighted by Crippen LogP contribution is -2.10. The van der Waals surface area contributed by atoms with Gasteiger partial charge in [-0.2, -0.15) is 0 Å². The standard InChI is InChI=1S/C14H11Cl2NOS/c1-8-5-6-9(14(17)19)12(7-8)18-11-4-2-3-10(15)13(11)16/h2-7H,1H3,(H2,17,19). The van der Waals surface area contributed by atoms with Crippen LogP contribution in [0.15, 0.2) is 36.4 Å². The molecule has 5 heteroatoms. The molecule has 0 saturated heterocycles. The Labute approximate surface area is 127 Å². The molecule has 2 aromatic rings. The van der Waals surface area contributed by atoms with Gasteiger partial charge in [0.2, 0.25) is 0 Å². The van der Waals surface area contributed by atoms with Gasteiger partial charge in [-0.25, -0.2) is 0 Å². The summed E-state index contributed by atoms with van der Waals surface area (Å²) in [6.45, 7) is 1.95. The second-order valence-electron chi connectivity index (χ2n) is 4.02. The quantitative estimate of drug-likeness (QED) is 0.832. The van der Waals surface area contributed by atoms with E-state index in [9.17, 15) is 0 Å². The number of benzene rings is 2. The first-order valence-electron chi connectivity index (χ1n) is 5.51. The average Bonchev–Trinajstić information content (AvgIpc) is 2.35. The molecule has 0 heterocycles. The van der Waals surface area contributed by atoms with Crippen LogP contribution in [0.4, 0.5) is 0 Å². The van der Waals surface area contributed by atoms with E-state index in [-0.39, 0.29) is 4.99 Å². The van der Waals surface area contributed by atoms with Crippen LogP contribution in [-0.4, -0.2) is 4.99 Å². The van der Waals surface area contributed by atoms with Crippen molar-refractivity contribution in [2.75, 3.05) is 0 Å². The van der Waals surface area contributed by atoms with Gasteiger partial charge in [-0.05, 0) is 36.8 Å². The molecule has 0 amide bonds. The minimum absolute atomic E-state index is 0.271. The van der Waals surface area contributed by atoms with Gasteiger partial charge in [0, 0.05) is 0 Å². The van der Waals surface area contributed by atoms with Crippen molar-refractivity contribution in [1.29, 1.82) is 0 Å². The highest BCUT2D eigenvalue weighted by molar-refractivity contribution is 7.80. The number of nitrogens with two attached hydrogens (primary N) is 1. The van der Waals surface area contributed by atoms with Crippen LogP contribution in [0.25, 0.3) is 0 Å². The lowest BCUT2D eigenvalue weighted by molar-refractivity contribution is 0.481. The molecule has 0 aromatic heterocycles. The van der Waals surface area contributed by atoms with Crippen LogP contribution in [0.3, 0.4) is 0 Å². The fourth-order valence-corrected chi connectivity index (χ4v) is 2.10. The molecule has 0 aliphatic carbocycles. The summed E-state index contributed by atoms with van der Waals surface area (Å²) >= 11 is 17.1. The highest BCUT2D eigenvalue weighted by atomic mass is 35.5. The van der Waals surface area contributed by atoms with Crippen LogP contribution in [0.5, 0.6) is 11.5 Å². The number of ether oxygens (including phenoxy) is 1. The van der Waals surface area contributed by atoms with Gasteiger partial charge in [0.05, 0.1) is 10.6 Å². The number of aryl methyl sites for hydroxylation is 1. The van der Waals surface area contributed by atoms with E-state index in [0.29, 0.717) is 27.1 Å². The first-order valence-corrected chi connectivity index (χ1v) is 6.68. The second kappa shape index (κ2) is 5.78. The molecule has 2 aromatic carbocycles. The Morgan fingerprint density at radius 1 is 1.16 bits per heavy atom. The molecule has 0 spiro atoms. The zero-order chi connectivity index (χ0) is 14.0. The molecule has 0 radical (unpaired) electrons. The van der Waals surface area contributed by atoms with Gasteiger partial charge < -0.3 is 10.5 Å². The SMILES string of the molecule is Cc1ccc(C(N)=S)c(Oc2cccc(Cl)c2Cl)c1. The van der Waals surface area contributed by atoms with Crippen LogP contribution in [0, 0.1) is 6.92 Å². The molecular weight excluding hydrogens is 301 g/mol. The predicted molar refractivity (Wildman–Crippen MR) is 83.6 cm³/mol. The van der Waals surface area contributed by atoms with E-state index in [2.05, 4.69) is 0 Å². The lowest BCUT2D eigenvalue weighted by Gasteiger charge is -2.12. The molecule has 98 valence electrons. The number of thiocarbonyl (C=S) groups is 1. The van der Waals surface area contributed by atoms with Gasteiger partial charge in [-0.1, -0.05) is 47.6 Å². The summed E-state index contributed by atoms with van der Waals surface area (Å²) in [7, 11) is 0. The van der Waals surface area contributed by atoms with Crippen molar-refractivity contribution < 1.29 is 4.74 Å². The molecule has 2 nitrogen and oxygen atoms in total. The Morgan fingerprint density at radius 2 is 1.89 bits per heavy atom. The number of rotatable bonds is 3. The Balaban J connectivity index is 2.45. The molecule has 19 heavy (non-hydrogen) atoms. The Morgan fingerprint density at radius 3 is 2.58 bits per heavy atom. The van der Waals surface area contributed by atoms with Gasteiger partial charge in [0.25, 0.3) is 0 Å². The van der Waals surface area contributed by atoms with Crippen molar-refractivity contribution in [1.82, 2.24) is 0 Å². The van der Waals surface area contributed by atoms with Crippen molar-refractivity contribution in [3.05, 3.63) is 57.6 Å².